The van der Waals surface area contributed by atoms with E-state index >= 15 is 0 Å². The van der Waals surface area contributed by atoms with E-state index in [9.17, 15) is 14.4 Å². The molecule has 0 bridgehead atoms. The highest BCUT2D eigenvalue weighted by molar-refractivity contribution is 6.31. The highest BCUT2D eigenvalue weighted by Gasteiger charge is 2.23. The fourth-order valence-corrected chi connectivity index (χ4v) is 4.15. The van der Waals surface area contributed by atoms with Crippen LogP contribution in [-0.4, -0.2) is 55.6 Å². The number of anilines is 3. The van der Waals surface area contributed by atoms with E-state index in [0.29, 0.717) is 52.4 Å². The summed E-state index contributed by atoms with van der Waals surface area (Å²) in [7, 11) is 0. The molecule has 192 valence electrons. The molecular formula is C27H26Cl2N4O4. The molecule has 1 heterocycles. The van der Waals surface area contributed by atoms with Crippen molar-refractivity contribution in [2.45, 2.75) is 6.92 Å². The van der Waals surface area contributed by atoms with Crippen molar-refractivity contribution in [3.63, 3.8) is 0 Å². The summed E-state index contributed by atoms with van der Waals surface area (Å²) in [4.78, 5) is 41.6. The van der Waals surface area contributed by atoms with Gasteiger partial charge in [-0.2, -0.15) is 0 Å². The number of hydrogen-bond donors (Lipinski definition) is 2. The number of urea groups is 1. The van der Waals surface area contributed by atoms with E-state index in [1.54, 1.807) is 76.5 Å². The van der Waals surface area contributed by atoms with Gasteiger partial charge in [0.15, 0.2) is 0 Å². The molecule has 1 saturated heterocycles. The minimum atomic E-state index is -0.371. The van der Waals surface area contributed by atoms with Gasteiger partial charge in [0, 0.05) is 52.3 Å². The van der Waals surface area contributed by atoms with Crippen LogP contribution in [0.1, 0.15) is 15.9 Å². The van der Waals surface area contributed by atoms with E-state index in [1.807, 2.05) is 6.92 Å². The summed E-state index contributed by atoms with van der Waals surface area (Å²) in [6.07, 6.45) is 0. The molecule has 0 saturated carbocycles. The fourth-order valence-electron chi connectivity index (χ4n) is 3.90. The maximum absolute atomic E-state index is 13.4. The van der Waals surface area contributed by atoms with E-state index in [4.69, 9.17) is 27.9 Å². The summed E-state index contributed by atoms with van der Waals surface area (Å²) >= 11 is 11.9. The number of carbonyl (C=O) groups excluding carboxylic acids is 3. The lowest BCUT2D eigenvalue weighted by molar-refractivity contribution is -0.142. The van der Waals surface area contributed by atoms with Gasteiger partial charge in [-0.1, -0.05) is 23.2 Å². The van der Waals surface area contributed by atoms with Gasteiger partial charge < -0.3 is 20.3 Å². The molecule has 0 unspecified atom stereocenters. The Bertz CT molecular complexity index is 1280. The van der Waals surface area contributed by atoms with Crippen molar-refractivity contribution < 1.29 is 19.1 Å². The number of ether oxygens (including phenoxy) is 1. The highest BCUT2D eigenvalue weighted by atomic mass is 35.5. The number of rotatable bonds is 7. The molecule has 4 rings (SSSR count). The van der Waals surface area contributed by atoms with E-state index in [2.05, 4.69) is 10.6 Å². The predicted octanol–water partition coefficient (Wildman–Crippen LogP) is 5.45. The van der Waals surface area contributed by atoms with Gasteiger partial charge in [0.25, 0.3) is 5.91 Å². The molecule has 1 aliphatic heterocycles. The largest absolute Gasteiger partial charge is 0.370 e. The van der Waals surface area contributed by atoms with Crippen molar-refractivity contribution in [2.24, 2.45) is 0 Å². The average Bonchev–Trinajstić information content (AvgIpc) is 2.88. The molecule has 0 radical (unpaired) electrons. The molecule has 8 nitrogen and oxygen atoms in total. The summed E-state index contributed by atoms with van der Waals surface area (Å²) in [6.45, 7) is 3.38. The molecule has 2 N–H and O–H groups in total. The van der Waals surface area contributed by atoms with Gasteiger partial charge in [0.2, 0.25) is 5.91 Å². The molecule has 0 spiro atoms. The third-order valence-electron chi connectivity index (χ3n) is 5.87. The second kappa shape index (κ2) is 12.1. The second-order valence-electron chi connectivity index (χ2n) is 8.48. The van der Waals surface area contributed by atoms with Crippen LogP contribution in [0.3, 0.4) is 0 Å². The lowest BCUT2D eigenvalue weighted by atomic mass is 10.1. The zero-order valence-electron chi connectivity index (χ0n) is 20.2. The van der Waals surface area contributed by atoms with Crippen molar-refractivity contribution in [1.82, 2.24) is 4.90 Å². The Labute approximate surface area is 225 Å². The molecule has 3 aromatic rings. The minimum absolute atomic E-state index is 0.0351. The van der Waals surface area contributed by atoms with E-state index in [1.165, 1.54) is 0 Å². The molecule has 10 heteroatoms. The average molecular weight is 541 g/mol. The number of hydrogen-bond acceptors (Lipinski definition) is 4. The lowest BCUT2D eigenvalue weighted by Crippen LogP contribution is -2.47. The van der Waals surface area contributed by atoms with E-state index in [0.717, 1.165) is 5.56 Å². The van der Waals surface area contributed by atoms with Gasteiger partial charge in [-0.05, 0) is 79.2 Å². The van der Waals surface area contributed by atoms with Crippen LogP contribution < -0.4 is 15.5 Å². The number of benzene rings is 3. The molecule has 0 atom stereocenters. The Kier molecular flexibility index (Phi) is 8.66. The van der Waals surface area contributed by atoms with Crippen molar-refractivity contribution >= 4 is 58.1 Å². The number of nitrogens with one attached hydrogen (secondary N) is 2. The van der Waals surface area contributed by atoms with Gasteiger partial charge in [-0.15, -0.1) is 0 Å². The van der Waals surface area contributed by atoms with Crippen LogP contribution in [0.4, 0.5) is 21.9 Å². The van der Waals surface area contributed by atoms with Gasteiger partial charge in [0.05, 0.1) is 6.61 Å². The number of halogens is 2. The Morgan fingerprint density at radius 1 is 0.946 bits per heavy atom. The van der Waals surface area contributed by atoms with Crippen LogP contribution in [0.25, 0.3) is 0 Å². The maximum atomic E-state index is 13.4. The first kappa shape index (κ1) is 26.5. The highest BCUT2D eigenvalue weighted by Crippen LogP contribution is 2.24. The first-order valence-electron chi connectivity index (χ1n) is 11.7. The van der Waals surface area contributed by atoms with Crippen molar-refractivity contribution in [3.8, 4) is 0 Å². The maximum Gasteiger partial charge on any atom is 0.326 e. The SMILES string of the molecule is Cc1cc(C(=O)Nc2ccc(Cl)cc2)ccc1N(CCN1CCOCC1=O)C(=O)Nc1ccc(Cl)cc1. The van der Waals surface area contributed by atoms with Crippen molar-refractivity contribution in [1.29, 1.82) is 0 Å². The summed E-state index contributed by atoms with van der Waals surface area (Å²) in [5, 5.41) is 6.85. The Morgan fingerprint density at radius 2 is 1.57 bits per heavy atom. The number of morpholine rings is 1. The number of nitrogens with zero attached hydrogens (tertiary/aromatic N) is 2. The zero-order valence-corrected chi connectivity index (χ0v) is 21.7. The zero-order chi connectivity index (χ0) is 26.4. The molecule has 1 fully saturated rings. The standard InChI is InChI=1S/C27H26Cl2N4O4/c1-18-16-19(26(35)30-22-7-3-20(28)4-8-22)2-11-24(18)33(13-12-32-14-15-37-17-25(32)34)27(36)31-23-9-5-21(29)6-10-23/h2-11,16H,12-15,17H2,1H3,(H,30,35)(H,31,36). The summed E-state index contributed by atoms with van der Waals surface area (Å²) < 4.78 is 5.20. The summed E-state index contributed by atoms with van der Waals surface area (Å²) in [6, 6.07) is 18.4. The Balaban J connectivity index is 1.54. The smallest absolute Gasteiger partial charge is 0.326 e. The van der Waals surface area contributed by atoms with Crippen molar-refractivity contribution in [3.05, 3.63) is 87.9 Å². The fraction of sp³-hybridized carbons (Fsp3) is 0.222. The quantitative estimate of drug-likeness (QED) is 0.416. The van der Waals surface area contributed by atoms with Crippen LogP contribution in [0, 0.1) is 6.92 Å². The predicted molar refractivity (Wildman–Crippen MR) is 146 cm³/mol. The molecule has 1 aliphatic rings. The van der Waals surface area contributed by atoms with Gasteiger partial charge in [-0.25, -0.2) is 4.79 Å². The van der Waals surface area contributed by atoms with Crippen molar-refractivity contribution in [2.75, 3.05) is 48.4 Å². The minimum Gasteiger partial charge on any atom is -0.370 e. The van der Waals surface area contributed by atoms with Crippen LogP contribution >= 0.6 is 23.2 Å². The third-order valence-corrected chi connectivity index (χ3v) is 6.37. The number of aryl methyl sites for hydroxylation is 1. The number of carbonyl (C=O) groups is 3. The van der Waals surface area contributed by atoms with Gasteiger partial charge >= 0.3 is 6.03 Å². The molecule has 37 heavy (non-hydrogen) atoms. The van der Waals surface area contributed by atoms with Crippen LogP contribution in [0.5, 0.6) is 0 Å². The monoisotopic (exact) mass is 540 g/mol. The second-order valence-corrected chi connectivity index (χ2v) is 9.36. The third kappa shape index (κ3) is 7.01. The molecule has 3 aromatic carbocycles. The number of amides is 4. The first-order chi connectivity index (χ1) is 17.8. The molecule has 0 aliphatic carbocycles. The van der Waals surface area contributed by atoms with Crippen LogP contribution in [-0.2, 0) is 9.53 Å². The molecule has 0 aromatic heterocycles. The Hall–Kier alpha value is -3.59. The first-order valence-corrected chi connectivity index (χ1v) is 12.4. The van der Waals surface area contributed by atoms with Gasteiger partial charge in [0.1, 0.15) is 6.61 Å². The van der Waals surface area contributed by atoms with Crippen LogP contribution in [0.15, 0.2) is 66.7 Å². The van der Waals surface area contributed by atoms with E-state index in [-0.39, 0.29) is 31.0 Å². The normalized spacial score (nSPS) is 13.3. The molecular weight excluding hydrogens is 515 g/mol. The summed E-state index contributed by atoms with van der Waals surface area (Å²) in [5.74, 6) is -0.400. The molecule has 4 amide bonds. The lowest BCUT2D eigenvalue weighted by Gasteiger charge is -2.31. The van der Waals surface area contributed by atoms with Gasteiger partial charge in [-0.3, -0.25) is 14.5 Å². The summed E-state index contributed by atoms with van der Waals surface area (Å²) in [5.41, 5.74) is 2.99. The Morgan fingerprint density at radius 3 is 2.16 bits per heavy atom. The van der Waals surface area contributed by atoms with E-state index < -0.39 is 0 Å². The topological polar surface area (TPSA) is 91.0 Å². The van der Waals surface area contributed by atoms with Crippen LogP contribution in [0.2, 0.25) is 10.0 Å².